The van der Waals surface area contributed by atoms with E-state index in [1.54, 1.807) is 6.20 Å². The zero-order chi connectivity index (χ0) is 11.2. The molecule has 4 nitrogen and oxygen atoms in total. The summed E-state index contributed by atoms with van der Waals surface area (Å²) in [5, 5.41) is 11.1. The molecule has 82 valence electrons. The summed E-state index contributed by atoms with van der Waals surface area (Å²) in [6, 6.07) is 7.91. The standard InChI is InChI=1S/C12H14N4/c1-10-8-12(16-15-9-10)14-7-5-11-4-2-3-6-13-11/h2-4,6,8-9H,5,7H2,1H3,(H,14,16). The van der Waals surface area contributed by atoms with Gasteiger partial charge in [-0.2, -0.15) is 5.10 Å². The lowest BCUT2D eigenvalue weighted by molar-refractivity contribution is 0.932. The molecule has 0 spiro atoms. The Morgan fingerprint density at radius 2 is 2.25 bits per heavy atom. The van der Waals surface area contributed by atoms with Crippen molar-refractivity contribution in [2.75, 3.05) is 11.9 Å². The Morgan fingerprint density at radius 1 is 1.31 bits per heavy atom. The van der Waals surface area contributed by atoms with Gasteiger partial charge in [-0.25, -0.2) is 0 Å². The smallest absolute Gasteiger partial charge is 0.148 e. The van der Waals surface area contributed by atoms with E-state index in [0.29, 0.717) is 0 Å². The van der Waals surface area contributed by atoms with Gasteiger partial charge >= 0.3 is 0 Å². The molecular weight excluding hydrogens is 200 g/mol. The SMILES string of the molecule is Cc1cnnc(NCCc2ccccn2)c1. The van der Waals surface area contributed by atoms with Gasteiger partial charge in [-0.15, -0.1) is 5.10 Å². The van der Waals surface area contributed by atoms with E-state index in [9.17, 15) is 0 Å². The van der Waals surface area contributed by atoms with E-state index >= 15 is 0 Å². The molecule has 2 rings (SSSR count). The number of rotatable bonds is 4. The van der Waals surface area contributed by atoms with Crippen molar-refractivity contribution in [2.24, 2.45) is 0 Å². The highest BCUT2D eigenvalue weighted by atomic mass is 15.2. The summed E-state index contributed by atoms with van der Waals surface area (Å²) in [5.74, 6) is 0.816. The number of pyridine rings is 1. The molecule has 0 fully saturated rings. The fraction of sp³-hybridized carbons (Fsp3) is 0.250. The van der Waals surface area contributed by atoms with E-state index in [4.69, 9.17) is 0 Å². The lowest BCUT2D eigenvalue weighted by Crippen LogP contribution is -2.07. The third-order valence-electron chi connectivity index (χ3n) is 2.20. The van der Waals surface area contributed by atoms with Crippen LogP contribution in [0.4, 0.5) is 5.82 Å². The first-order chi connectivity index (χ1) is 7.84. The number of aromatic nitrogens is 3. The monoisotopic (exact) mass is 214 g/mol. The maximum absolute atomic E-state index is 4.25. The molecule has 0 saturated carbocycles. The summed E-state index contributed by atoms with van der Waals surface area (Å²) in [7, 11) is 0. The molecule has 0 atom stereocenters. The molecule has 0 aromatic carbocycles. The number of aryl methyl sites for hydroxylation is 1. The Morgan fingerprint density at radius 3 is 3.00 bits per heavy atom. The Balaban J connectivity index is 1.85. The van der Waals surface area contributed by atoms with Gasteiger partial charge in [-0.1, -0.05) is 6.07 Å². The number of anilines is 1. The molecule has 0 aliphatic carbocycles. The van der Waals surface area contributed by atoms with Crippen LogP contribution in [-0.4, -0.2) is 21.7 Å². The second-order valence-electron chi connectivity index (χ2n) is 3.62. The van der Waals surface area contributed by atoms with Crippen LogP contribution in [0.15, 0.2) is 36.7 Å². The fourth-order valence-electron chi connectivity index (χ4n) is 1.41. The van der Waals surface area contributed by atoms with Crippen molar-refractivity contribution in [3.8, 4) is 0 Å². The average Bonchev–Trinajstić information content (AvgIpc) is 2.30. The molecule has 16 heavy (non-hydrogen) atoms. The summed E-state index contributed by atoms with van der Waals surface area (Å²) >= 11 is 0. The molecule has 1 N–H and O–H groups in total. The predicted octanol–water partition coefficient (Wildman–Crippen LogP) is 1.83. The van der Waals surface area contributed by atoms with Crippen LogP contribution in [0.2, 0.25) is 0 Å². The van der Waals surface area contributed by atoms with Gasteiger partial charge in [0.2, 0.25) is 0 Å². The molecule has 0 unspecified atom stereocenters. The van der Waals surface area contributed by atoms with Crippen molar-refractivity contribution in [1.29, 1.82) is 0 Å². The number of nitrogens with one attached hydrogen (secondary N) is 1. The van der Waals surface area contributed by atoms with E-state index < -0.39 is 0 Å². The van der Waals surface area contributed by atoms with Crippen LogP contribution >= 0.6 is 0 Å². The van der Waals surface area contributed by atoms with Gasteiger partial charge in [-0.3, -0.25) is 4.98 Å². The molecule has 0 bridgehead atoms. The van der Waals surface area contributed by atoms with Crippen molar-refractivity contribution in [3.05, 3.63) is 47.9 Å². The first kappa shape index (κ1) is 10.5. The van der Waals surface area contributed by atoms with E-state index in [-0.39, 0.29) is 0 Å². The van der Waals surface area contributed by atoms with Gasteiger partial charge in [0, 0.05) is 24.9 Å². The summed E-state index contributed by atoms with van der Waals surface area (Å²) in [6.45, 7) is 2.81. The summed E-state index contributed by atoms with van der Waals surface area (Å²) < 4.78 is 0. The molecule has 0 aliphatic rings. The molecule has 2 aromatic rings. The summed E-state index contributed by atoms with van der Waals surface area (Å²) in [4.78, 5) is 4.25. The minimum absolute atomic E-state index is 0.815. The zero-order valence-electron chi connectivity index (χ0n) is 9.22. The minimum atomic E-state index is 0.815. The van der Waals surface area contributed by atoms with E-state index in [0.717, 1.165) is 30.0 Å². The average molecular weight is 214 g/mol. The van der Waals surface area contributed by atoms with Crippen LogP contribution < -0.4 is 5.32 Å². The maximum Gasteiger partial charge on any atom is 0.148 e. The fourth-order valence-corrected chi connectivity index (χ4v) is 1.41. The Labute approximate surface area is 94.8 Å². The van der Waals surface area contributed by atoms with Gasteiger partial charge in [0.05, 0.1) is 6.20 Å². The first-order valence-corrected chi connectivity index (χ1v) is 5.28. The van der Waals surface area contributed by atoms with E-state index in [2.05, 4.69) is 20.5 Å². The molecule has 2 heterocycles. The number of hydrogen-bond donors (Lipinski definition) is 1. The van der Waals surface area contributed by atoms with Gasteiger partial charge in [-0.05, 0) is 30.7 Å². The van der Waals surface area contributed by atoms with Crippen LogP contribution in [0.5, 0.6) is 0 Å². The Hall–Kier alpha value is -1.97. The predicted molar refractivity (Wildman–Crippen MR) is 63.2 cm³/mol. The molecule has 0 radical (unpaired) electrons. The Kier molecular flexibility index (Phi) is 3.43. The molecule has 4 heteroatoms. The third kappa shape index (κ3) is 3.02. The minimum Gasteiger partial charge on any atom is -0.368 e. The van der Waals surface area contributed by atoms with Crippen LogP contribution in [0, 0.1) is 6.92 Å². The lowest BCUT2D eigenvalue weighted by Gasteiger charge is -2.04. The van der Waals surface area contributed by atoms with Gasteiger partial charge in [0.1, 0.15) is 5.82 Å². The van der Waals surface area contributed by atoms with Crippen LogP contribution in [0.25, 0.3) is 0 Å². The van der Waals surface area contributed by atoms with Crippen molar-refractivity contribution in [2.45, 2.75) is 13.3 Å². The largest absolute Gasteiger partial charge is 0.368 e. The Bertz CT molecular complexity index is 442. The van der Waals surface area contributed by atoms with E-state index in [1.165, 1.54) is 0 Å². The van der Waals surface area contributed by atoms with Gasteiger partial charge in [0.15, 0.2) is 0 Å². The van der Waals surface area contributed by atoms with Crippen molar-refractivity contribution < 1.29 is 0 Å². The molecule has 0 amide bonds. The second-order valence-corrected chi connectivity index (χ2v) is 3.62. The maximum atomic E-state index is 4.25. The van der Waals surface area contributed by atoms with Crippen LogP contribution in [-0.2, 0) is 6.42 Å². The third-order valence-corrected chi connectivity index (χ3v) is 2.20. The number of nitrogens with zero attached hydrogens (tertiary/aromatic N) is 3. The molecule has 2 aromatic heterocycles. The van der Waals surface area contributed by atoms with Crippen molar-refractivity contribution in [1.82, 2.24) is 15.2 Å². The highest BCUT2D eigenvalue weighted by Crippen LogP contribution is 2.03. The highest BCUT2D eigenvalue weighted by Gasteiger charge is 1.96. The molecule has 0 saturated heterocycles. The number of hydrogen-bond acceptors (Lipinski definition) is 4. The first-order valence-electron chi connectivity index (χ1n) is 5.28. The van der Waals surface area contributed by atoms with Crippen molar-refractivity contribution >= 4 is 5.82 Å². The highest BCUT2D eigenvalue weighted by molar-refractivity contribution is 5.35. The van der Waals surface area contributed by atoms with E-state index in [1.807, 2.05) is 37.4 Å². The second kappa shape index (κ2) is 5.21. The van der Waals surface area contributed by atoms with Crippen LogP contribution in [0.1, 0.15) is 11.3 Å². The molecule has 0 aliphatic heterocycles. The zero-order valence-corrected chi connectivity index (χ0v) is 9.22. The quantitative estimate of drug-likeness (QED) is 0.843. The summed E-state index contributed by atoms with van der Waals surface area (Å²) in [6.07, 6.45) is 4.43. The topological polar surface area (TPSA) is 50.7 Å². The van der Waals surface area contributed by atoms with Crippen molar-refractivity contribution in [3.63, 3.8) is 0 Å². The van der Waals surface area contributed by atoms with Gasteiger partial charge < -0.3 is 5.32 Å². The summed E-state index contributed by atoms with van der Waals surface area (Å²) in [5.41, 5.74) is 2.19. The lowest BCUT2D eigenvalue weighted by atomic mass is 10.2. The molecular formula is C12H14N4. The normalized spacial score (nSPS) is 10.1. The van der Waals surface area contributed by atoms with Gasteiger partial charge in [0.25, 0.3) is 0 Å². The van der Waals surface area contributed by atoms with Crippen LogP contribution in [0.3, 0.4) is 0 Å².